The van der Waals surface area contributed by atoms with Gasteiger partial charge in [0.05, 0.1) is 22.2 Å². The van der Waals surface area contributed by atoms with Gasteiger partial charge in [-0.05, 0) is 24.4 Å². The van der Waals surface area contributed by atoms with Crippen LogP contribution in [0.2, 0.25) is 0 Å². The molecule has 6 heteroatoms. The number of nitro benzene ring substituents is 1. The van der Waals surface area contributed by atoms with Crippen molar-refractivity contribution >= 4 is 22.7 Å². The summed E-state index contributed by atoms with van der Waals surface area (Å²) in [6.07, 6.45) is 0. The lowest BCUT2D eigenvalue weighted by atomic mass is 10.1. The Labute approximate surface area is 114 Å². The summed E-state index contributed by atoms with van der Waals surface area (Å²) in [5, 5.41) is 24.9. The van der Waals surface area contributed by atoms with Gasteiger partial charge in [0.25, 0.3) is 5.69 Å². The Balaban J connectivity index is 2.26. The summed E-state index contributed by atoms with van der Waals surface area (Å²) in [5.41, 5.74) is 0.803. The van der Waals surface area contributed by atoms with Crippen LogP contribution in [0, 0.1) is 21.4 Å². The third kappa shape index (κ3) is 2.89. The van der Waals surface area contributed by atoms with Crippen LogP contribution in [0.1, 0.15) is 23.4 Å². The van der Waals surface area contributed by atoms with E-state index in [1.165, 1.54) is 12.1 Å². The number of benzene rings is 1. The van der Waals surface area contributed by atoms with Gasteiger partial charge in [-0.15, -0.1) is 11.3 Å². The quantitative estimate of drug-likeness (QED) is 0.680. The topological polar surface area (TPSA) is 79.0 Å². The number of non-ortho nitro benzene ring substituents is 1. The minimum atomic E-state index is -0.507. The first-order valence-electron chi connectivity index (χ1n) is 5.60. The summed E-state index contributed by atoms with van der Waals surface area (Å²) in [6.45, 7) is 1.98. The molecule has 19 heavy (non-hydrogen) atoms. The number of anilines is 1. The molecule has 96 valence electrons. The molecule has 0 aliphatic carbocycles. The summed E-state index contributed by atoms with van der Waals surface area (Å²) in [4.78, 5) is 11.3. The van der Waals surface area contributed by atoms with Crippen LogP contribution in [0.25, 0.3) is 0 Å². The average molecular weight is 273 g/mol. The highest BCUT2D eigenvalue weighted by Gasteiger charge is 2.13. The molecule has 1 unspecified atom stereocenters. The highest BCUT2D eigenvalue weighted by atomic mass is 32.1. The number of hydrogen-bond acceptors (Lipinski definition) is 5. The molecule has 1 aromatic carbocycles. The standard InChI is InChI=1S/C13H11N3O2S/c1-9(13-3-2-6-19-13)15-12-5-4-11(16(17)18)7-10(12)8-14/h2-7,9,15H,1H3. The Hall–Kier alpha value is -2.39. The van der Waals surface area contributed by atoms with E-state index in [1.807, 2.05) is 30.5 Å². The number of nitrogens with one attached hydrogen (secondary N) is 1. The van der Waals surface area contributed by atoms with Gasteiger partial charge in [-0.3, -0.25) is 10.1 Å². The van der Waals surface area contributed by atoms with Crippen LogP contribution < -0.4 is 5.32 Å². The van der Waals surface area contributed by atoms with Crippen LogP contribution in [-0.2, 0) is 0 Å². The lowest BCUT2D eigenvalue weighted by Crippen LogP contribution is -2.06. The van der Waals surface area contributed by atoms with Gasteiger partial charge in [-0.2, -0.15) is 5.26 Å². The van der Waals surface area contributed by atoms with Crippen LogP contribution in [0.3, 0.4) is 0 Å². The van der Waals surface area contributed by atoms with E-state index in [-0.39, 0.29) is 17.3 Å². The van der Waals surface area contributed by atoms with E-state index in [0.717, 1.165) is 4.88 Å². The second-order valence-electron chi connectivity index (χ2n) is 3.98. The van der Waals surface area contributed by atoms with Crippen molar-refractivity contribution in [2.75, 3.05) is 5.32 Å². The number of rotatable bonds is 4. The van der Waals surface area contributed by atoms with Gasteiger partial charge in [0.2, 0.25) is 0 Å². The zero-order chi connectivity index (χ0) is 13.8. The molecule has 5 nitrogen and oxygen atoms in total. The van der Waals surface area contributed by atoms with E-state index in [0.29, 0.717) is 5.69 Å². The van der Waals surface area contributed by atoms with Gasteiger partial charge < -0.3 is 5.32 Å². The fraction of sp³-hybridized carbons (Fsp3) is 0.154. The first-order valence-corrected chi connectivity index (χ1v) is 6.48. The van der Waals surface area contributed by atoms with E-state index in [2.05, 4.69) is 5.32 Å². The number of hydrogen-bond donors (Lipinski definition) is 1. The lowest BCUT2D eigenvalue weighted by Gasteiger charge is -2.14. The minimum absolute atomic E-state index is 0.0496. The molecule has 0 saturated heterocycles. The van der Waals surface area contributed by atoms with Crippen LogP contribution >= 0.6 is 11.3 Å². The zero-order valence-electron chi connectivity index (χ0n) is 10.2. The summed E-state index contributed by atoms with van der Waals surface area (Å²) < 4.78 is 0. The van der Waals surface area contributed by atoms with Crippen molar-refractivity contribution in [1.82, 2.24) is 0 Å². The molecule has 0 fully saturated rings. The highest BCUT2D eigenvalue weighted by Crippen LogP contribution is 2.27. The van der Waals surface area contributed by atoms with Crippen molar-refractivity contribution in [3.63, 3.8) is 0 Å². The Morgan fingerprint density at radius 3 is 2.84 bits per heavy atom. The van der Waals surface area contributed by atoms with Crippen molar-refractivity contribution in [2.24, 2.45) is 0 Å². The fourth-order valence-electron chi connectivity index (χ4n) is 1.71. The van der Waals surface area contributed by atoms with Crippen molar-refractivity contribution in [2.45, 2.75) is 13.0 Å². The van der Waals surface area contributed by atoms with Crippen LogP contribution in [-0.4, -0.2) is 4.92 Å². The monoisotopic (exact) mass is 273 g/mol. The van der Waals surface area contributed by atoms with E-state index in [1.54, 1.807) is 17.4 Å². The molecule has 0 aliphatic rings. The summed E-state index contributed by atoms with van der Waals surface area (Å²) in [7, 11) is 0. The van der Waals surface area contributed by atoms with Gasteiger partial charge >= 0.3 is 0 Å². The summed E-state index contributed by atoms with van der Waals surface area (Å²) >= 11 is 1.62. The first-order chi connectivity index (χ1) is 9.11. The Morgan fingerprint density at radius 1 is 1.47 bits per heavy atom. The van der Waals surface area contributed by atoms with Gasteiger partial charge in [0.15, 0.2) is 0 Å². The third-order valence-electron chi connectivity index (χ3n) is 2.68. The molecule has 0 amide bonds. The molecule has 0 aliphatic heterocycles. The molecule has 2 aromatic rings. The molecule has 2 rings (SSSR count). The number of nitro groups is 1. The third-order valence-corrected chi connectivity index (χ3v) is 3.73. The predicted molar refractivity (Wildman–Crippen MR) is 74.2 cm³/mol. The van der Waals surface area contributed by atoms with Gasteiger partial charge in [0.1, 0.15) is 6.07 Å². The maximum atomic E-state index is 10.7. The zero-order valence-corrected chi connectivity index (χ0v) is 11.0. The SMILES string of the molecule is CC(Nc1ccc([N+](=O)[O-])cc1C#N)c1cccs1. The molecular formula is C13H11N3O2S. The average Bonchev–Trinajstić information content (AvgIpc) is 2.92. The van der Waals surface area contributed by atoms with Crippen molar-refractivity contribution < 1.29 is 4.92 Å². The van der Waals surface area contributed by atoms with E-state index < -0.39 is 4.92 Å². The molecule has 1 aromatic heterocycles. The van der Waals surface area contributed by atoms with Crippen molar-refractivity contribution in [3.05, 3.63) is 56.3 Å². The molecule has 0 spiro atoms. The van der Waals surface area contributed by atoms with Crippen molar-refractivity contribution in [1.29, 1.82) is 5.26 Å². The molecule has 0 bridgehead atoms. The summed E-state index contributed by atoms with van der Waals surface area (Å²) in [5.74, 6) is 0. The maximum Gasteiger partial charge on any atom is 0.270 e. The van der Waals surface area contributed by atoms with Gasteiger partial charge in [-0.25, -0.2) is 0 Å². The highest BCUT2D eigenvalue weighted by molar-refractivity contribution is 7.10. The van der Waals surface area contributed by atoms with Crippen LogP contribution in [0.15, 0.2) is 35.7 Å². The van der Waals surface area contributed by atoms with Gasteiger partial charge in [0, 0.05) is 17.0 Å². The normalized spacial score (nSPS) is 11.6. The van der Waals surface area contributed by atoms with Crippen molar-refractivity contribution in [3.8, 4) is 6.07 Å². The predicted octanol–water partition coefficient (Wildman–Crippen LogP) is 3.70. The van der Waals surface area contributed by atoms with E-state index in [9.17, 15) is 10.1 Å². The van der Waals surface area contributed by atoms with E-state index in [4.69, 9.17) is 5.26 Å². The lowest BCUT2D eigenvalue weighted by molar-refractivity contribution is -0.384. The maximum absolute atomic E-state index is 10.7. The first kappa shape index (κ1) is 13.1. The Morgan fingerprint density at radius 2 is 2.26 bits per heavy atom. The van der Waals surface area contributed by atoms with Crippen LogP contribution in [0.5, 0.6) is 0 Å². The Kier molecular flexibility index (Phi) is 3.78. The number of nitriles is 1. The molecule has 0 saturated carbocycles. The fourth-order valence-corrected chi connectivity index (χ4v) is 2.44. The number of thiophene rings is 1. The molecule has 1 N–H and O–H groups in total. The van der Waals surface area contributed by atoms with E-state index >= 15 is 0 Å². The minimum Gasteiger partial charge on any atom is -0.377 e. The smallest absolute Gasteiger partial charge is 0.270 e. The summed E-state index contributed by atoms with van der Waals surface area (Å²) in [6, 6.07) is 10.2. The Bertz CT molecular complexity index is 632. The molecular weight excluding hydrogens is 262 g/mol. The van der Waals surface area contributed by atoms with Crippen LogP contribution in [0.4, 0.5) is 11.4 Å². The molecule has 1 heterocycles. The number of nitrogens with zero attached hydrogens (tertiary/aromatic N) is 2. The van der Waals surface area contributed by atoms with Gasteiger partial charge in [-0.1, -0.05) is 6.07 Å². The molecule has 1 atom stereocenters. The second-order valence-corrected chi connectivity index (χ2v) is 4.96. The molecule has 0 radical (unpaired) electrons. The second kappa shape index (κ2) is 5.50. The largest absolute Gasteiger partial charge is 0.377 e.